The van der Waals surface area contributed by atoms with Crippen molar-refractivity contribution >= 4 is 0 Å². The van der Waals surface area contributed by atoms with Gasteiger partial charge in [-0.25, -0.2) is 0 Å². The summed E-state index contributed by atoms with van der Waals surface area (Å²) in [6.45, 7) is 0. The van der Waals surface area contributed by atoms with Gasteiger partial charge < -0.3 is 4.74 Å². The Kier molecular flexibility index (Phi) is 6.33. The molecule has 0 aromatic heterocycles. The van der Waals surface area contributed by atoms with Crippen LogP contribution in [0.1, 0.15) is 11.1 Å². The highest BCUT2D eigenvalue weighted by Crippen LogP contribution is 2.48. The Hall–Kier alpha value is -2.03. The zero-order chi connectivity index (χ0) is 23.2. The van der Waals surface area contributed by atoms with Crippen LogP contribution in [0.4, 0.5) is 65.9 Å². The largest absolute Gasteiger partial charge is 0.479 e. The summed E-state index contributed by atoms with van der Waals surface area (Å²) < 4.78 is 194. The number of benzene rings is 1. The first-order valence-corrected chi connectivity index (χ1v) is 6.71. The quantitative estimate of drug-likeness (QED) is 0.451. The molecule has 1 aromatic carbocycles. The van der Waals surface area contributed by atoms with Crippen molar-refractivity contribution in [3.8, 4) is 5.75 Å². The van der Waals surface area contributed by atoms with Crippen molar-refractivity contribution in [2.45, 2.75) is 37.0 Å². The summed E-state index contributed by atoms with van der Waals surface area (Å²) in [5, 5.41) is 0. The summed E-state index contributed by atoms with van der Waals surface area (Å²) in [5.41, 5.74) is -4.54. The van der Waals surface area contributed by atoms with Gasteiger partial charge in [-0.2, -0.15) is 65.9 Å². The van der Waals surface area contributed by atoms with Crippen molar-refractivity contribution in [1.82, 2.24) is 0 Å². The van der Waals surface area contributed by atoms with E-state index in [0.29, 0.717) is 0 Å². The maximum Gasteiger partial charge on any atom is 0.426 e. The second kappa shape index (κ2) is 7.34. The zero-order valence-electron chi connectivity index (χ0n) is 13.0. The third kappa shape index (κ3) is 6.22. The van der Waals surface area contributed by atoms with E-state index in [9.17, 15) is 65.9 Å². The van der Waals surface area contributed by atoms with Gasteiger partial charge >= 0.3 is 30.9 Å². The van der Waals surface area contributed by atoms with E-state index < -0.39 is 71.9 Å². The van der Waals surface area contributed by atoms with E-state index in [0.717, 1.165) is 0 Å². The second-order valence-electron chi connectivity index (χ2n) is 5.35. The lowest BCUT2D eigenvalue weighted by Crippen LogP contribution is -2.53. The molecule has 0 N–H and O–H groups in total. The average molecular weight is 462 g/mol. The molecule has 0 saturated heterocycles. The van der Waals surface area contributed by atoms with Crippen LogP contribution in [-0.4, -0.2) is 24.6 Å². The molecule has 0 bridgehead atoms. The van der Waals surface area contributed by atoms with Gasteiger partial charge in [-0.3, -0.25) is 0 Å². The maximum atomic E-state index is 12.9. The predicted octanol–water partition coefficient (Wildman–Crippen LogP) is 6.77. The van der Waals surface area contributed by atoms with Crippen molar-refractivity contribution in [1.29, 1.82) is 0 Å². The Balaban J connectivity index is 3.69. The summed E-state index contributed by atoms with van der Waals surface area (Å²) in [4.78, 5) is 0. The molecule has 1 rings (SSSR count). The first-order valence-electron chi connectivity index (χ1n) is 6.71. The summed E-state index contributed by atoms with van der Waals surface area (Å²) in [5.74, 6) is -7.88. The van der Waals surface area contributed by atoms with Gasteiger partial charge in [0.1, 0.15) is 5.75 Å². The number of alkyl halides is 15. The number of hydrogen-bond donors (Lipinski definition) is 0. The van der Waals surface area contributed by atoms with Crippen molar-refractivity contribution in [2.24, 2.45) is 5.92 Å². The van der Waals surface area contributed by atoms with Crippen LogP contribution in [0.2, 0.25) is 0 Å². The molecular weight excluding hydrogens is 457 g/mol. The Labute approximate surface area is 150 Å². The van der Waals surface area contributed by atoms with Crippen molar-refractivity contribution in [2.75, 3.05) is 0 Å². The van der Waals surface area contributed by atoms with E-state index in [1.165, 1.54) is 0 Å². The summed E-state index contributed by atoms with van der Waals surface area (Å²) in [7, 11) is 0. The van der Waals surface area contributed by atoms with Gasteiger partial charge in [0.2, 0.25) is 6.10 Å². The minimum absolute atomic E-state index is 0.288. The van der Waals surface area contributed by atoms with Crippen LogP contribution in [-0.2, 0) is 12.4 Å². The highest BCUT2D eigenvalue weighted by molar-refractivity contribution is 5.41. The number of ether oxygens (including phenoxy) is 1. The van der Waals surface area contributed by atoms with E-state index in [2.05, 4.69) is 4.74 Å². The van der Waals surface area contributed by atoms with Crippen LogP contribution in [0.15, 0.2) is 18.2 Å². The minimum Gasteiger partial charge on any atom is -0.479 e. The van der Waals surface area contributed by atoms with Crippen LogP contribution < -0.4 is 4.74 Å². The molecule has 0 saturated carbocycles. The second-order valence-corrected chi connectivity index (χ2v) is 5.35. The van der Waals surface area contributed by atoms with Crippen LogP contribution in [0.5, 0.6) is 5.75 Å². The van der Waals surface area contributed by atoms with E-state index in [1.807, 2.05) is 0 Å². The van der Waals surface area contributed by atoms with Gasteiger partial charge in [0, 0.05) is 0 Å². The molecule has 0 spiro atoms. The zero-order valence-corrected chi connectivity index (χ0v) is 13.0. The smallest absolute Gasteiger partial charge is 0.426 e. The lowest BCUT2D eigenvalue weighted by molar-refractivity contribution is -0.340. The van der Waals surface area contributed by atoms with E-state index in [4.69, 9.17) is 0 Å². The normalized spacial score (nSPS) is 15.6. The number of halogens is 15. The van der Waals surface area contributed by atoms with Gasteiger partial charge in [-0.05, 0) is 18.2 Å². The maximum absolute atomic E-state index is 12.9. The highest BCUT2D eigenvalue weighted by Gasteiger charge is 2.68. The molecule has 29 heavy (non-hydrogen) atoms. The molecule has 0 aliphatic heterocycles. The molecule has 0 heterocycles. The topological polar surface area (TPSA) is 9.23 Å². The van der Waals surface area contributed by atoms with Crippen LogP contribution in [0.3, 0.4) is 0 Å². The molecule has 0 amide bonds. The predicted molar refractivity (Wildman–Crippen MR) is 62.5 cm³/mol. The van der Waals surface area contributed by atoms with Gasteiger partial charge in [0.25, 0.3) is 0 Å². The molecular formula is C13H5F15O. The molecule has 1 unspecified atom stereocenters. The summed E-state index contributed by atoms with van der Waals surface area (Å²) in [6.07, 6.45) is -36.2. The Morgan fingerprint density at radius 2 is 1.03 bits per heavy atom. The van der Waals surface area contributed by atoms with Crippen LogP contribution in [0, 0.1) is 5.92 Å². The first-order chi connectivity index (χ1) is 12.6. The minimum atomic E-state index is -6.71. The molecule has 168 valence electrons. The van der Waals surface area contributed by atoms with E-state index >= 15 is 0 Å². The SMILES string of the molecule is FC(F)(F)c1ccc(C(F)(F)F)c(OC(C(C(F)(F)F)C(F)(F)F)C(F)(F)F)c1. The standard InChI is InChI=1S/C13H5F15O/c14-9(15,16)4-1-2-5(10(17,18)19)6(3-4)29-8(13(26,27)28)7(11(20,21)22)12(23,24)25/h1-3,7-8H. The monoisotopic (exact) mass is 462 g/mol. The Morgan fingerprint density at radius 1 is 0.586 bits per heavy atom. The summed E-state index contributed by atoms with van der Waals surface area (Å²) in [6, 6.07) is -1.55. The lowest BCUT2D eigenvalue weighted by atomic mass is 10.00. The molecule has 0 aliphatic rings. The average Bonchev–Trinajstić information content (AvgIpc) is 2.40. The molecule has 0 aliphatic carbocycles. The van der Waals surface area contributed by atoms with E-state index in [1.54, 1.807) is 0 Å². The van der Waals surface area contributed by atoms with Crippen molar-refractivity contribution < 1.29 is 70.6 Å². The first kappa shape index (κ1) is 25.0. The molecule has 1 atom stereocenters. The van der Waals surface area contributed by atoms with Gasteiger partial charge in [-0.15, -0.1) is 0 Å². The Bertz CT molecular complexity index is 689. The van der Waals surface area contributed by atoms with Crippen LogP contribution >= 0.6 is 0 Å². The van der Waals surface area contributed by atoms with E-state index in [-0.39, 0.29) is 6.07 Å². The lowest BCUT2D eigenvalue weighted by Gasteiger charge is -2.32. The molecule has 1 nitrogen and oxygen atoms in total. The molecule has 0 radical (unpaired) electrons. The third-order valence-corrected chi connectivity index (χ3v) is 3.20. The van der Waals surface area contributed by atoms with Crippen LogP contribution in [0.25, 0.3) is 0 Å². The fourth-order valence-electron chi connectivity index (χ4n) is 2.02. The molecule has 1 aromatic rings. The number of rotatable bonds is 3. The summed E-state index contributed by atoms with van der Waals surface area (Å²) >= 11 is 0. The molecule has 16 heteroatoms. The van der Waals surface area contributed by atoms with Gasteiger partial charge in [-0.1, -0.05) is 0 Å². The van der Waals surface area contributed by atoms with Crippen molar-refractivity contribution in [3.05, 3.63) is 29.3 Å². The Morgan fingerprint density at radius 3 is 1.34 bits per heavy atom. The molecule has 0 fully saturated rings. The highest BCUT2D eigenvalue weighted by atomic mass is 19.4. The fourth-order valence-corrected chi connectivity index (χ4v) is 2.02. The third-order valence-electron chi connectivity index (χ3n) is 3.20. The van der Waals surface area contributed by atoms with Crippen molar-refractivity contribution in [3.63, 3.8) is 0 Å². The van der Waals surface area contributed by atoms with Gasteiger partial charge in [0.15, 0.2) is 5.92 Å². The van der Waals surface area contributed by atoms with Gasteiger partial charge in [0.05, 0.1) is 11.1 Å². The fraction of sp³-hybridized carbons (Fsp3) is 0.538. The number of hydrogen-bond acceptors (Lipinski definition) is 1.